The fourth-order valence-electron chi connectivity index (χ4n) is 2.78. The Bertz CT molecular complexity index is 754. The zero-order chi connectivity index (χ0) is 17.2. The van der Waals surface area contributed by atoms with Crippen LogP contribution in [0.25, 0.3) is 0 Å². The van der Waals surface area contributed by atoms with Crippen molar-refractivity contribution in [1.29, 1.82) is 0 Å². The van der Waals surface area contributed by atoms with Gasteiger partial charge in [0.05, 0.1) is 16.8 Å². The summed E-state index contributed by atoms with van der Waals surface area (Å²) in [5.41, 5.74) is 1.68. The molecule has 1 aliphatic carbocycles. The van der Waals surface area contributed by atoms with E-state index in [1.54, 1.807) is 0 Å². The highest BCUT2D eigenvalue weighted by Gasteiger charge is 2.51. The second kappa shape index (κ2) is 6.35. The maximum absolute atomic E-state index is 12.3. The van der Waals surface area contributed by atoms with Gasteiger partial charge in [-0.15, -0.1) is 0 Å². The number of carboxylic acid groups (broad SMARTS) is 1. The molecule has 0 spiro atoms. The number of hydrogen-bond donors (Lipinski definition) is 2. The first-order valence-corrected chi connectivity index (χ1v) is 7.93. The van der Waals surface area contributed by atoms with E-state index in [1.807, 2.05) is 66.5 Å². The Balaban J connectivity index is 1.77. The molecule has 3 rings (SSSR count). The van der Waals surface area contributed by atoms with Crippen LogP contribution in [0, 0.1) is 5.41 Å². The van der Waals surface area contributed by atoms with Gasteiger partial charge in [0.25, 0.3) is 0 Å². The maximum atomic E-state index is 12.3. The Morgan fingerprint density at radius 2 is 1.71 bits per heavy atom. The average molecular weight is 324 g/mol. The Morgan fingerprint density at radius 3 is 2.33 bits per heavy atom. The standard InChI is InChI=1S/C19H20N2O3/c1-21(14-7-3-2-4-8-14)16-10-6-5-9-15(16)20-17(22)13-19(11-12-19)18(23)24/h2-10H,11-13H2,1H3,(H,20,22)(H,23,24). The first kappa shape index (κ1) is 16.1. The van der Waals surface area contributed by atoms with Crippen LogP contribution < -0.4 is 10.2 Å². The number of amides is 1. The zero-order valence-corrected chi connectivity index (χ0v) is 13.5. The van der Waals surface area contributed by atoms with Crippen molar-refractivity contribution in [1.82, 2.24) is 0 Å². The van der Waals surface area contributed by atoms with Crippen molar-refractivity contribution in [3.05, 3.63) is 54.6 Å². The first-order chi connectivity index (χ1) is 11.5. The highest BCUT2D eigenvalue weighted by molar-refractivity contribution is 5.98. The second-order valence-electron chi connectivity index (χ2n) is 6.22. The number of nitrogens with one attached hydrogen (secondary N) is 1. The van der Waals surface area contributed by atoms with Gasteiger partial charge in [-0.25, -0.2) is 0 Å². The molecule has 1 fully saturated rings. The van der Waals surface area contributed by atoms with Crippen molar-refractivity contribution in [3.63, 3.8) is 0 Å². The van der Waals surface area contributed by atoms with Gasteiger partial charge in [0, 0.05) is 19.2 Å². The van der Waals surface area contributed by atoms with Gasteiger partial charge < -0.3 is 15.3 Å². The van der Waals surface area contributed by atoms with E-state index in [0.29, 0.717) is 18.5 Å². The van der Waals surface area contributed by atoms with Gasteiger partial charge in [0.15, 0.2) is 0 Å². The summed E-state index contributed by atoms with van der Waals surface area (Å²) in [7, 11) is 1.93. The summed E-state index contributed by atoms with van der Waals surface area (Å²) in [6.45, 7) is 0. The smallest absolute Gasteiger partial charge is 0.310 e. The number of carbonyl (C=O) groups is 2. The van der Waals surface area contributed by atoms with Gasteiger partial charge in [0.2, 0.25) is 5.91 Å². The average Bonchev–Trinajstić information content (AvgIpc) is 3.36. The van der Waals surface area contributed by atoms with Gasteiger partial charge >= 0.3 is 5.97 Å². The van der Waals surface area contributed by atoms with E-state index in [4.69, 9.17) is 0 Å². The highest BCUT2D eigenvalue weighted by Crippen LogP contribution is 2.49. The summed E-state index contributed by atoms with van der Waals surface area (Å²) in [6.07, 6.45) is 1.16. The molecule has 1 saturated carbocycles. The summed E-state index contributed by atoms with van der Waals surface area (Å²) in [4.78, 5) is 25.5. The third-order valence-corrected chi connectivity index (χ3v) is 4.49. The fourth-order valence-corrected chi connectivity index (χ4v) is 2.78. The lowest BCUT2D eigenvalue weighted by molar-refractivity contribution is -0.145. The monoisotopic (exact) mass is 324 g/mol. The van der Waals surface area contributed by atoms with Crippen molar-refractivity contribution in [3.8, 4) is 0 Å². The minimum Gasteiger partial charge on any atom is -0.481 e. The number of anilines is 3. The molecule has 0 radical (unpaired) electrons. The van der Waals surface area contributed by atoms with Crippen LogP contribution in [0.1, 0.15) is 19.3 Å². The van der Waals surface area contributed by atoms with Crippen molar-refractivity contribution in [2.75, 3.05) is 17.3 Å². The SMILES string of the molecule is CN(c1ccccc1)c1ccccc1NC(=O)CC1(C(=O)O)CC1. The molecular formula is C19H20N2O3. The minimum atomic E-state index is -0.882. The van der Waals surface area contributed by atoms with Crippen molar-refractivity contribution in [2.24, 2.45) is 5.41 Å². The fraction of sp³-hybridized carbons (Fsp3) is 0.263. The van der Waals surface area contributed by atoms with Crippen LogP contribution in [0.3, 0.4) is 0 Å². The number of para-hydroxylation sites is 3. The Hall–Kier alpha value is -2.82. The molecule has 5 nitrogen and oxygen atoms in total. The third kappa shape index (κ3) is 3.25. The lowest BCUT2D eigenvalue weighted by Crippen LogP contribution is -2.24. The molecule has 0 aliphatic heterocycles. The zero-order valence-electron chi connectivity index (χ0n) is 13.5. The number of hydrogen-bond acceptors (Lipinski definition) is 3. The summed E-state index contributed by atoms with van der Waals surface area (Å²) in [5.74, 6) is -1.14. The lowest BCUT2D eigenvalue weighted by atomic mass is 10.0. The number of aliphatic carboxylic acids is 1. The van der Waals surface area contributed by atoms with Gasteiger partial charge in [0.1, 0.15) is 0 Å². The predicted molar refractivity (Wildman–Crippen MR) is 93.5 cm³/mol. The molecule has 0 aromatic heterocycles. The predicted octanol–water partition coefficient (Wildman–Crippen LogP) is 3.65. The van der Waals surface area contributed by atoms with Crippen LogP contribution in [0.4, 0.5) is 17.1 Å². The molecule has 0 bridgehead atoms. The van der Waals surface area contributed by atoms with Crippen LogP contribution in [0.5, 0.6) is 0 Å². The van der Waals surface area contributed by atoms with Crippen LogP contribution in [-0.2, 0) is 9.59 Å². The molecular weight excluding hydrogens is 304 g/mol. The number of rotatable bonds is 6. The van der Waals surface area contributed by atoms with Gasteiger partial charge in [-0.3, -0.25) is 9.59 Å². The highest BCUT2D eigenvalue weighted by atomic mass is 16.4. The summed E-state index contributed by atoms with van der Waals surface area (Å²) in [6, 6.07) is 17.3. The van der Waals surface area contributed by atoms with Gasteiger partial charge in [-0.05, 0) is 37.1 Å². The van der Waals surface area contributed by atoms with Crippen molar-refractivity contribution in [2.45, 2.75) is 19.3 Å². The van der Waals surface area contributed by atoms with E-state index in [9.17, 15) is 14.7 Å². The van der Waals surface area contributed by atoms with E-state index in [0.717, 1.165) is 11.4 Å². The summed E-state index contributed by atoms with van der Waals surface area (Å²) >= 11 is 0. The van der Waals surface area contributed by atoms with Crippen molar-refractivity contribution >= 4 is 28.9 Å². The Morgan fingerprint density at radius 1 is 1.08 bits per heavy atom. The normalized spacial score (nSPS) is 14.7. The van der Waals surface area contributed by atoms with Crippen LogP contribution >= 0.6 is 0 Å². The van der Waals surface area contributed by atoms with Crippen LogP contribution in [0.2, 0.25) is 0 Å². The van der Waals surface area contributed by atoms with E-state index in [2.05, 4.69) is 5.32 Å². The molecule has 5 heteroatoms. The molecule has 0 saturated heterocycles. The minimum absolute atomic E-state index is 0.0196. The van der Waals surface area contributed by atoms with E-state index < -0.39 is 11.4 Å². The number of nitrogens with zero attached hydrogens (tertiary/aromatic N) is 1. The molecule has 2 N–H and O–H groups in total. The molecule has 0 atom stereocenters. The topological polar surface area (TPSA) is 69.6 Å². The molecule has 1 amide bonds. The van der Waals surface area contributed by atoms with E-state index >= 15 is 0 Å². The Labute approximate surface area is 140 Å². The quantitative estimate of drug-likeness (QED) is 0.851. The molecule has 2 aromatic carbocycles. The number of carbonyl (C=O) groups excluding carboxylic acids is 1. The first-order valence-electron chi connectivity index (χ1n) is 7.93. The summed E-state index contributed by atoms with van der Waals surface area (Å²) in [5, 5.41) is 12.1. The van der Waals surface area contributed by atoms with E-state index in [-0.39, 0.29) is 12.3 Å². The molecule has 0 unspecified atom stereocenters. The number of carboxylic acids is 1. The number of benzene rings is 2. The van der Waals surface area contributed by atoms with Gasteiger partial charge in [-0.2, -0.15) is 0 Å². The lowest BCUT2D eigenvalue weighted by Gasteiger charge is -2.23. The second-order valence-corrected chi connectivity index (χ2v) is 6.22. The van der Waals surface area contributed by atoms with Crippen LogP contribution in [-0.4, -0.2) is 24.0 Å². The molecule has 124 valence electrons. The molecule has 0 heterocycles. The maximum Gasteiger partial charge on any atom is 0.310 e. The largest absolute Gasteiger partial charge is 0.481 e. The molecule has 2 aromatic rings. The Kier molecular flexibility index (Phi) is 4.25. The third-order valence-electron chi connectivity index (χ3n) is 4.49. The van der Waals surface area contributed by atoms with E-state index in [1.165, 1.54) is 0 Å². The van der Waals surface area contributed by atoms with Crippen LogP contribution in [0.15, 0.2) is 54.6 Å². The molecule has 24 heavy (non-hydrogen) atoms. The van der Waals surface area contributed by atoms with Gasteiger partial charge in [-0.1, -0.05) is 30.3 Å². The van der Waals surface area contributed by atoms with Crippen molar-refractivity contribution < 1.29 is 14.7 Å². The molecule has 1 aliphatic rings. The summed E-state index contributed by atoms with van der Waals surface area (Å²) < 4.78 is 0.